The average molecular weight is 325 g/mol. The molecule has 2 amide bonds. The number of amides is 2. The van der Waals surface area contributed by atoms with Crippen LogP contribution in [0.4, 0.5) is 5.69 Å². The van der Waals surface area contributed by atoms with E-state index in [9.17, 15) is 9.59 Å². The zero-order valence-corrected chi connectivity index (χ0v) is 14.5. The van der Waals surface area contributed by atoms with E-state index in [-0.39, 0.29) is 23.6 Å². The Morgan fingerprint density at radius 2 is 1.92 bits per heavy atom. The maximum atomic E-state index is 12.5. The second-order valence-corrected chi connectivity index (χ2v) is 5.97. The van der Waals surface area contributed by atoms with Gasteiger partial charge >= 0.3 is 0 Å². The second kappa shape index (κ2) is 7.73. The Morgan fingerprint density at radius 3 is 2.58 bits per heavy atom. The zero-order chi connectivity index (χ0) is 17.7. The normalized spacial score (nSPS) is 10.5. The predicted molar refractivity (Wildman–Crippen MR) is 95.3 cm³/mol. The van der Waals surface area contributed by atoms with E-state index in [1.54, 1.807) is 6.07 Å². The maximum Gasteiger partial charge on any atom is 0.274 e. The van der Waals surface area contributed by atoms with E-state index < -0.39 is 0 Å². The lowest BCUT2D eigenvalue weighted by Gasteiger charge is -2.13. The molecular formula is C19H23N3O2. The molecule has 2 aromatic rings. The van der Waals surface area contributed by atoms with Gasteiger partial charge in [-0.15, -0.1) is 0 Å². The van der Waals surface area contributed by atoms with Crippen LogP contribution in [0.1, 0.15) is 52.7 Å². The minimum Gasteiger partial charge on any atom is -0.350 e. The minimum absolute atomic E-state index is 0.0297. The first kappa shape index (κ1) is 17.7. The molecule has 5 heteroatoms. The third-order valence-electron chi connectivity index (χ3n) is 3.65. The van der Waals surface area contributed by atoms with E-state index >= 15 is 0 Å². The van der Waals surface area contributed by atoms with E-state index in [2.05, 4.69) is 15.6 Å². The summed E-state index contributed by atoms with van der Waals surface area (Å²) in [5.41, 5.74) is 3.51. The summed E-state index contributed by atoms with van der Waals surface area (Å²) in [6.07, 6.45) is 2.30. The highest BCUT2D eigenvalue weighted by molar-refractivity contribution is 6.05. The van der Waals surface area contributed by atoms with Crippen LogP contribution in [0.3, 0.4) is 0 Å². The first-order valence-electron chi connectivity index (χ1n) is 8.09. The van der Waals surface area contributed by atoms with Gasteiger partial charge in [-0.25, -0.2) is 0 Å². The summed E-state index contributed by atoms with van der Waals surface area (Å²) in [4.78, 5) is 28.7. The number of pyridine rings is 1. The van der Waals surface area contributed by atoms with Gasteiger partial charge in [-0.1, -0.05) is 25.1 Å². The molecule has 126 valence electrons. The van der Waals surface area contributed by atoms with Gasteiger partial charge < -0.3 is 10.6 Å². The summed E-state index contributed by atoms with van der Waals surface area (Å²) in [6, 6.07) is 9.05. The Hall–Kier alpha value is -2.69. The smallest absolute Gasteiger partial charge is 0.274 e. The minimum atomic E-state index is -0.321. The van der Waals surface area contributed by atoms with Crippen LogP contribution in [-0.2, 0) is 6.42 Å². The molecule has 0 atom stereocenters. The van der Waals surface area contributed by atoms with Gasteiger partial charge in [0.1, 0.15) is 5.69 Å². The van der Waals surface area contributed by atoms with Crippen LogP contribution < -0.4 is 10.6 Å². The molecule has 1 aromatic carbocycles. The number of benzene rings is 1. The molecular weight excluding hydrogens is 302 g/mol. The lowest BCUT2D eigenvalue weighted by atomic mass is 10.1. The number of hydrogen-bond donors (Lipinski definition) is 2. The maximum absolute atomic E-state index is 12.5. The summed E-state index contributed by atoms with van der Waals surface area (Å²) in [5, 5.41) is 5.72. The van der Waals surface area contributed by atoms with Crippen molar-refractivity contribution >= 4 is 17.5 Å². The Kier molecular flexibility index (Phi) is 5.68. The van der Waals surface area contributed by atoms with Crippen molar-refractivity contribution in [1.29, 1.82) is 0 Å². The largest absolute Gasteiger partial charge is 0.350 e. The molecule has 0 radical (unpaired) electrons. The Bertz CT molecular complexity index is 754. The second-order valence-electron chi connectivity index (χ2n) is 5.97. The first-order chi connectivity index (χ1) is 11.4. The fourth-order valence-corrected chi connectivity index (χ4v) is 2.42. The van der Waals surface area contributed by atoms with E-state index in [1.165, 1.54) is 12.3 Å². The highest BCUT2D eigenvalue weighted by Crippen LogP contribution is 2.21. The molecule has 0 aliphatic heterocycles. The quantitative estimate of drug-likeness (QED) is 0.885. The predicted octanol–water partition coefficient (Wildman–Crippen LogP) is 3.34. The van der Waals surface area contributed by atoms with Gasteiger partial charge in [0.15, 0.2) is 0 Å². The van der Waals surface area contributed by atoms with Crippen molar-refractivity contribution in [3.63, 3.8) is 0 Å². The number of carbonyl (C=O) groups excluding carboxylic acids is 2. The highest BCUT2D eigenvalue weighted by Gasteiger charge is 2.14. The van der Waals surface area contributed by atoms with Crippen LogP contribution in [0.15, 0.2) is 36.5 Å². The molecule has 5 nitrogen and oxygen atoms in total. The van der Waals surface area contributed by atoms with Crippen molar-refractivity contribution in [1.82, 2.24) is 10.3 Å². The first-order valence-corrected chi connectivity index (χ1v) is 8.09. The van der Waals surface area contributed by atoms with Crippen LogP contribution >= 0.6 is 0 Å². The van der Waals surface area contributed by atoms with Crippen LogP contribution in [0.2, 0.25) is 0 Å². The van der Waals surface area contributed by atoms with Gasteiger partial charge in [-0.2, -0.15) is 0 Å². The molecule has 1 heterocycles. The molecule has 0 aliphatic carbocycles. The van der Waals surface area contributed by atoms with Crippen LogP contribution in [0.25, 0.3) is 0 Å². The molecule has 0 saturated carbocycles. The lowest BCUT2D eigenvalue weighted by molar-refractivity contribution is 0.0943. The Balaban J connectivity index is 2.24. The summed E-state index contributed by atoms with van der Waals surface area (Å²) in [7, 11) is 0. The van der Waals surface area contributed by atoms with Gasteiger partial charge in [-0.3, -0.25) is 14.6 Å². The number of aromatic nitrogens is 1. The molecule has 2 rings (SSSR count). The van der Waals surface area contributed by atoms with Gasteiger partial charge in [0.25, 0.3) is 11.8 Å². The molecule has 1 aromatic heterocycles. The molecule has 0 saturated heterocycles. The van der Waals surface area contributed by atoms with E-state index in [4.69, 9.17) is 0 Å². The fourth-order valence-electron chi connectivity index (χ4n) is 2.42. The standard InChI is InChI=1S/C19H23N3O2/c1-5-14-8-6-7-13(4)17(14)22-19(24)16-11-15(9-10-20-16)18(23)21-12(2)3/h6-12H,5H2,1-4H3,(H,21,23)(H,22,24). The van der Waals surface area contributed by atoms with Crippen molar-refractivity contribution in [2.75, 3.05) is 5.32 Å². The number of hydrogen-bond acceptors (Lipinski definition) is 3. The fraction of sp³-hybridized carbons (Fsp3) is 0.316. The number of aryl methyl sites for hydroxylation is 2. The van der Waals surface area contributed by atoms with E-state index in [1.807, 2.05) is 45.9 Å². The van der Waals surface area contributed by atoms with Crippen molar-refractivity contribution < 1.29 is 9.59 Å². The molecule has 0 fully saturated rings. The van der Waals surface area contributed by atoms with Crippen molar-refractivity contribution in [3.8, 4) is 0 Å². The summed E-state index contributed by atoms with van der Waals surface area (Å²) in [6.45, 7) is 7.77. The number of nitrogens with one attached hydrogen (secondary N) is 2. The summed E-state index contributed by atoms with van der Waals surface area (Å²) < 4.78 is 0. The number of anilines is 1. The SMILES string of the molecule is CCc1cccc(C)c1NC(=O)c1cc(C(=O)NC(C)C)ccn1. The lowest BCUT2D eigenvalue weighted by Crippen LogP contribution is -2.30. The average Bonchev–Trinajstić information content (AvgIpc) is 2.56. The third kappa shape index (κ3) is 4.19. The van der Waals surface area contributed by atoms with Gasteiger partial charge in [0.2, 0.25) is 0 Å². The van der Waals surface area contributed by atoms with Crippen molar-refractivity contribution in [2.24, 2.45) is 0 Å². The summed E-state index contributed by atoms with van der Waals surface area (Å²) >= 11 is 0. The van der Waals surface area contributed by atoms with Gasteiger partial charge in [-0.05, 0) is 50.5 Å². The van der Waals surface area contributed by atoms with Crippen molar-refractivity contribution in [2.45, 2.75) is 40.2 Å². The topological polar surface area (TPSA) is 71.1 Å². The van der Waals surface area contributed by atoms with Gasteiger partial charge in [0.05, 0.1) is 0 Å². The van der Waals surface area contributed by atoms with Crippen LogP contribution in [-0.4, -0.2) is 22.8 Å². The Morgan fingerprint density at radius 1 is 1.17 bits per heavy atom. The van der Waals surface area contributed by atoms with Crippen LogP contribution in [0.5, 0.6) is 0 Å². The molecule has 0 aliphatic rings. The van der Waals surface area contributed by atoms with Crippen LogP contribution in [0, 0.1) is 6.92 Å². The molecule has 0 spiro atoms. The zero-order valence-electron chi connectivity index (χ0n) is 14.5. The molecule has 0 bridgehead atoms. The number of para-hydroxylation sites is 1. The molecule has 24 heavy (non-hydrogen) atoms. The Labute approximate surface area is 142 Å². The molecule has 0 unspecified atom stereocenters. The number of rotatable bonds is 5. The molecule has 2 N–H and O–H groups in total. The van der Waals surface area contributed by atoms with E-state index in [0.29, 0.717) is 5.56 Å². The summed E-state index contributed by atoms with van der Waals surface area (Å²) in [5.74, 6) is -0.537. The third-order valence-corrected chi connectivity index (χ3v) is 3.65. The van der Waals surface area contributed by atoms with E-state index in [0.717, 1.165) is 23.2 Å². The number of nitrogens with zero attached hydrogens (tertiary/aromatic N) is 1. The van der Waals surface area contributed by atoms with Crippen molar-refractivity contribution in [3.05, 3.63) is 58.9 Å². The monoisotopic (exact) mass is 325 g/mol. The highest BCUT2D eigenvalue weighted by atomic mass is 16.2. The number of carbonyl (C=O) groups is 2. The van der Waals surface area contributed by atoms with Gasteiger partial charge in [0, 0.05) is 23.5 Å².